The Kier molecular flexibility index (Phi) is 5.12. The Labute approximate surface area is 146 Å². The van der Waals surface area contributed by atoms with Crippen molar-refractivity contribution in [2.75, 3.05) is 0 Å². The SMILES string of the molecule is CC(O)c1cnc(OCc2cn(-c3ccc(F)c(C(F)F)c3)nn2)nc1. The minimum Gasteiger partial charge on any atom is -0.457 e. The highest BCUT2D eigenvalue weighted by molar-refractivity contribution is 5.36. The Balaban J connectivity index is 1.69. The van der Waals surface area contributed by atoms with Gasteiger partial charge in [-0.25, -0.2) is 27.8 Å². The first-order chi connectivity index (χ1) is 12.4. The van der Waals surface area contributed by atoms with Gasteiger partial charge in [-0.1, -0.05) is 5.21 Å². The standard InChI is InChI=1S/C16H14F3N5O2/c1-9(25)10-5-20-16(21-6-10)26-8-11-7-24(23-22-11)12-2-3-14(17)13(4-12)15(18)19/h2-7,9,15,25H,8H2,1H3. The van der Waals surface area contributed by atoms with E-state index in [1.165, 1.54) is 29.3 Å². The lowest BCUT2D eigenvalue weighted by Crippen LogP contribution is -2.01. The number of nitrogens with zero attached hydrogens (tertiary/aromatic N) is 5. The average molecular weight is 365 g/mol. The van der Waals surface area contributed by atoms with Gasteiger partial charge in [0.25, 0.3) is 6.43 Å². The van der Waals surface area contributed by atoms with Crippen molar-refractivity contribution in [3.63, 3.8) is 0 Å². The second kappa shape index (κ2) is 7.48. The zero-order chi connectivity index (χ0) is 18.7. The first kappa shape index (κ1) is 17.8. The molecule has 0 amide bonds. The van der Waals surface area contributed by atoms with Gasteiger partial charge in [-0.3, -0.25) is 0 Å². The van der Waals surface area contributed by atoms with E-state index in [4.69, 9.17) is 4.74 Å². The van der Waals surface area contributed by atoms with E-state index >= 15 is 0 Å². The summed E-state index contributed by atoms with van der Waals surface area (Å²) in [5.74, 6) is -0.981. The molecule has 0 bridgehead atoms. The van der Waals surface area contributed by atoms with E-state index in [-0.39, 0.29) is 18.3 Å². The molecule has 0 aliphatic carbocycles. The number of rotatable bonds is 6. The van der Waals surface area contributed by atoms with Crippen molar-refractivity contribution in [2.45, 2.75) is 26.1 Å². The predicted molar refractivity (Wildman–Crippen MR) is 83.3 cm³/mol. The van der Waals surface area contributed by atoms with Crippen LogP contribution in [0.5, 0.6) is 6.01 Å². The summed E-state index contributed by atoms with van der Waals surface area (Å²) in [6.45, 7) is 1.59. The Morgan fingerprint density at radius 1 is 1.23 bits per heavy atom. The van der Waals surface area contributed by atoms with Crippen molar-refractivity contribution in [1.82, 2.24) is 25.0 Å². The molecule has 0 fully saturated rings. The molecule has 0 spiro atoms. The van der Waals surface area contributed by atoms with E-state index in [2.05, 4.69) is 20.3 Å². The summed E-state index contributed by atoms with van der Waals surface area (Å²) in [5.41, 5.74) is 0.492. The Bertz CT molecular complexity index is 884. The van der Waals surface area contributed by atoms with Gasteiger partial charge < -0.3 is 9.84 Å². The van der Waals surface area contributed by atoms with Crippen LogP contribution < -0.4 is 4.74 Å². The minimum atomic E-state index is -2.93. The van der Waals surface area contributed by atoms with Crippen molar-refractivity contribution >= 4 is 0 Å². The summed E-state index contributed by atoms with van der Waals surface area (Å²) in [7, 11) is 0. The summed E-state index contributed by atoms with van der Waals surface area (Å²) < 4.78 is 45.5. The highest BCUT2D eigenvalue weighted by Gasteiger charge is 2.15. The molecule has 3 aromatic rings. The molecule has 1 N–H and O–H groups in total. The summed E-state index contributed by atoms with van der Waals surface area (Å²) in [4.78, 5) is 7.89. The molecular formula is C16H14F3N5O2. The normalized spacial score (nSPS) is 12.4. The quantitative estimate of drug-likeness (QED) is 0.723. The van der Waals surface area contributed by atoms with Gasteiger partial charge in [0.1, 0.15) is 18.1 Å². The molecule has 2 aromatic heterocycles. The Morgan fingerprint density at radius 3 is 2.62 bits per heavy atom. The monoisotopic (exact) mass is 365 g/mol. The number of aliphatic hydroxyl groups excluding tert-OH is 1. The van der Waals surface area contributed by atoms with E-state index in [9.17, 15) is 18.3 Å². The third kappa shape index (κ3) is 3.97. The van der Waals surface area contributed by atoms with Crippen LogP contribution in [0, 0.1) is 5.82 Å². The third-order valence-electron chi connectivity index (χ3n) is 3.50. The van der Waals surface area contributed by atoms with Crippen LogP contribution in [0.1, 0.15) is 36.3 Å². The maximum atomic E-state index is 13.4. The van der Waals surface area contributed by atoms with Gasteiger partial charge in [0.05, 0.1) is 23.6 Å². The average Bonchev–Trinajstić information content (AvgIpc) is 3.09. The predicted octanol–water partition coefficient (Wildman–Crippen LogP) is 2.77. The number of alkyl halides is 2. The van der Waals surface area contributed by atoms with E-state index in [0.717, 1.165) is 12.1 Å². The smallest absolute Gasteiger partial charge is 0.316 e. The fourth-order valence-corrected chi connectivity index (χ4v) is 2.09. The second-order valence-electron chi connectivity index (χ2n) is 5.42. The van der Waals surface area contributed by atoms with E-state index in [0.29, 0.717) is 11.3 Å². The number of aliphatic hydroxyl groups is 1. The topological polar surface area (TPSA) is 86.0 Å². The van der Waals surface area contributed by atoms with E-state index in [1.807, 2.05) is 0 Å². The molecule has 0 saturated carbocycles. The number of hydrogen-bond acceptors (Lipinski definition) is 6. The highest BCUT2D eigenvalue weighted by atomic mass is 19.3. The molecule has 1 aromatic carbocycles. The maximum absolute atomic E-state index is 13.4. The Morgan fingerprint density at radius 2 is 1.96 bits per heavy atom. The Hall–Kier alpha value is -3.01. The van der Waals surface area contributed by atoms with Crippen LogP contribution in [0.2, 0.25) is 0 Å². The van der Waals surface area contributed by atoms with Gasteiger partial charge in [0.15, 0.2) is 0 Å². The number of hydrogen-bond donors (Lipinski definition) is 1. The number of halogens is 3. The molecular weight excluding hydrogens is 351 g/mol. The molecule has 136 valence electrons. The molecule has 1 atom stereocenters. The summed E-state index contributed by atoms with van der Waals surface area (Å²) in [5, 5.41) is 17.1. The zero-order valence-electron chi connectivity index (χ0n) is 13.6. The first-order valence-electron chi connectivity index (χ1n) is 7.56. The molecule has 3 rings (SSSR count). The number of ether oxygens (including phenoxy) is 1. The molecule has 0 aliphatic heterocycles. The van der Waals surface area contributed by atoms with Crippen molar-refractivity contribution in [2.24, 2.45) is 0 Å². The lowest BCUT2D eigenvalue weighted by molar-refractivity contribution is 0.146. The van der Waals surface area contributed by atoms with Crippen molar-refractivity contribution < 1.29 is 23.0 Å². The molecule has 0 aliphatic rings. The van der Waals surface area contributed by atoms with Crippen molar-refractivity contribution in [3.05, 3.63) is 59.4 Å². The molecule has 7 nitrogen and oxygen atoms in total. The van der Waals surface area contributed by atoms with Crippen LogP contribution in [-0.2, 0) is 6.61 Å². The van der Waals surface area contributed by atoms with Gasteiger partial charge >= 0.3 is 6.01 Å². The number of aromatic nitrogens is 5. The van der Waals surface area contributed by atoms with Crippen molar-refractivity contribution in [1.29, 1.82) is 0 Å². The molecule has 1 unspecified atom stereocenters. The number of benzene rings is 1. The third-order valence-corrected chi connectivity index (χ3v) is 3.50. The molecule has 0 radical (unpaired) electrons. The molecule has 26 heavy (non-hydrogen) atoms. The fourth-order valence-electron chi connectivity index (χ4n) is 2.09. The van der Waals surface area contributed by atoms with Crippen LogP contribution in [0.25, 0.3) is 5.69 Å². The zero-order valence-corrected chi connectivity index (χ0v) is 13.6. The minimum absolute atomic E-state index is 0.00305. The maximum Gasteiger partial charge on any atom is 0.316 e. The van der Waals surface area contributed by atoms with Crippen LogP contribution in [0.4, 0.5) is 13.2 Å². The van der Waals surface area contributed by atoms with Gasteiger partial charge in [-0.15, -0.1) is 5.10 Å². The summed E-state index contributed by atoms with van der Waals surface area (Å²) in [6.07, 6.45) is 0.732. The van der Waals surface area contributed by atoms with Crippen LogP contribution in [0.3, 0.4) is 0 Å². The van der Waals surface area contributed by atoms with Crippen molar-refractivity contribution in [3.8, 4) is 11.7 Å². The molecule has 10 heteroatoms. The molecule has 0 saturated heterocycles. The summed E-state index contributed by atoms with van der Waals surface area (Å²) in [6, 6.07) is 3.37. The van der Waals surface area contributed by atoms with Crippen LogP contribution >= 0.6 is 0 Å². The van der Waals surface area contributed by atoms with Gasteiger partial charge in [-0.2, -0.15) is 0 Å². The van der Waals surface area contributed by atoms with Crippen LogP contribution in [-0.4, -0.2) is 30.1 Å². The van der Waals surface area contributed by atoms with Gasteiger partial charge in [-0.05, 0) is 25.1 Å². The fraction of sp³-hybridized carbons (Fsp3) is 0.250. The van der Waals surface area contributed by atoms with Crippen LogP contribution in [0.15, 0.2) is 36.8 Å². The molecule has 2 heterocycles. The highest BCUT2D eigenvalue weighted by Crippen LogP contribution is 2.24. The first-order valence-corrected chi connectivity index (χ1v) is 7.56. The lowest BCUT2D eigenvalue weighted by Gasteiger charge is -2.05. The van der Waals surface area contributed by atoms with E-state index in [1.54, 1.807) is 6.92 Å². The van der Waals surface area contributed by atoms with Gasteiger partial charge in [0, 0.05) is 18.0 Å². The lowest BCUT2D eigenvalue weighted by atomic mass is 10.2. The summed E-state index contributed by atoms with van der Waals surface area (Å²) >= 11 is 0. The van der Waals surface area contributed by atoms with Gasteiger partial charge in [0.2, 0.25) is 0 Å². The van der Waals surface area contributed by atoms with E-state index < -0.39 is 23.9 Å². The largest absolute Gasteiger partial charge is 0.457 e. The second-order valence-corrected chi connectivity index (χ2v) is 5.42.